The predicted octanol–water partition coefficient (Wildman–Crippen LogP) is 2.96. The number of para-hydroxylation sites is 1. The third-order valence-electron chi connectivity index (χ3n) is 2.87. The number of hydrogen-bond acceptors (Lipinski definition) is 4. The third kappa shape index (κ3) is 3.15. The van der Waals surface area contributed by atoms with Crippen molar-refractivity contribution in [3.63, 3.8) is 0 Å². The second kappa shape index (κ2) is 6.39. The van der Waals surface area contributed by atoms with Gasteiger partial charge < -0.3 is 10.1 Å². The lowest BCUT2D eigenvalue weighted by Gasteiger charge is -2.10. The standard InChI is InChI=1S/C16H14N2O2/c1-20-16(19)14-7-2-3-8-15(14)18-11-13-6-4-5-12(9-13)10-17/h2-9,18H,11H2,1H3. The summed E-state index contributed by atoms with van der Waals surface area (Å²) < 4.78 is 4.74. The first-order valence-corrected chi connectivity index (χ1v) is 6.15. The highest BCUT2D eigenvalue weighted by Gasteiger charge is 2.10. The van der Waals surface area contributed by atoms with Gasteiger partial charge in [-0.15, -0.1) is 0 Å². The van der Waals surface area contributed by atoms with Gasteiger partial charge in [0.05, 0.1) is 24.3 Å². The Hall–Kier alpha value is -2.80. The van der Waals surface area contributed by atoms with E-state index in [0.29, 0.717) is 23.4 Å². The van der Waals surface area contributed by atoms with Gasteiger partial charge in [-0.1, -0.05) is 24.3 Å². The zero-order chi connectivity index (χ0) is 14.4. The fourth-order valence-electron chi connectivity index (χ4n) is 1.87. The molecule has 1 N–H and O–H groups in total. The van der Waals surface area contributed by atoms with E-state index in [1.54, 1.807) is 18.2 Å². The molecule has 0 unspecified atom stereocenters. The SMILES string of the molecule is COC(=O)c1ccccc1NCc1cccc(C#N)c1. The average molecular weight is 266 g/mol. The smallest absolute Gasteiger partial charge is 0.339 e. The summed E-state index contributed by atoms with van der Waals surface area (Å²) in [6, 6.07) is 16.6. The van der Waals surface area contributed by atoms with Crippen LogP contribution >= 0.6 is 0 Å². The van der Waals surface area contributed by atoms with Gasteiger partial charge >= 0.3 is 5.97 Å². The summed E-state index contributed by atoms with van der Waals surface area (Å²) in [5, 5.41) is 12.1. The molecular weight excluding hydrogens is 252 g/mol. The Morgan fingerprint density at radius 3 is 2.80 bits per heavy atom. The molecule has 4 heteroatoms. The van der Waals surface area contributed by atoms with Gasteiger partial charge in [0.25, 0.3) is 0 Å². The number of benzene rings is 2. The van der Waals surface area contributed by atoms with E-state index in [2.05, 4.69) is 11.4 Å². The number of hydrogen-bond donors (Lipinski definition) is 1. The molecule has 0 aliphatic rings. The van der Waals surface area contributed by atoms with Gasteiger partial charge in [0.2, 0.25) is 0 Å². The van der Waals surface area contributed by atoms with Crippen LogP contribution in [0.3, 0.4) is 0 Å². The Morgan fingerprint density at radius 1 is 1.25 bits per heavy atom. The molecule has 0 saturated heterocycles. The second-order valence-corrected chi connectivity index (χ2v) is 4.20. The average Bonchev–Trinajstić information content (AvgIpc) is 2.52. The van der Waals surface area contributed by atoms with Crippen molar-refractivity contribution in [2.75, 3.05) is 12.4 Å². The molecule has 0 saturated carbocycles. The quantitative estimate of drug-likeness (QED) is 0.864. The first-order valence-electron chi connectivity index (χ1n) is 6.15. The Morgan fingerprint density at radius 2 is 2.05 bits per heavy atom. The molecule has 0 spiro atoms. The number of carbonyl (C=O) groups is 1. The molecule has 0 bridgehead atoms. The highest BCUT2D eigenvalue weighted by Crippen LogP contribution is 2.17. The maximum atomic E-state index is 11.6. The fraction of sp³-hybridized carbons (Fsp3) is 0.125. The van der Waals surface area contributed by atoms with E-state index in [1.807, 2.05) is 30.3 Å². The summed E-state index contributed by atoms with van der Waals surface area (Å²) in [5.41, 5.74) is 2.79. The minimum absolute atomic E-state index is 0.376. The van der Waals surface area contributed by atoms with Crippen LogP contribution in [-0.2, 0) is 11.3 Å². The number of nitriles is 1. The molecule has 20 heavy (non-hydrogen) atoms. The van der Waals surface area contributed by atoms with Gasteiger partial charge in [0.1, 0.15) is 0 Å². The summed E-state index contributed by atoms with van der Waals surface area (Å²) in [7, 11) is 1.36. The van der Waals surface area contributed by atoms with E-state index >= 15 is 0 Å². The first-order chi connectivity index (χ1) is 9.74. The number of methoxy groups -OCH3 is 1. The Kier molecular flexibility index (Phi) is 4.35. The van der Waals surface area contributed by atoms with E-state index in [4.69, 9.17) is 10.00 Å². The maximum Gasteiger partial charge on any atom is 0.339 e. The summed E-state index contributed by atoms with van der Waals surface area (Å²) >= 11 is 0. The van der Waals surface area contributed by atoms with E-state index in [-0.39, 0.29) is 5.97 Å². The molecule has 2 rings (SSSR count). The second-order valence-electron chi connectivity index (χ2n) is 4.20. The highest BCUT2D eigenvalue weighted by molar-refractivity contribution is 5.95. The van der Waals surface area contributed by atoms with Crippen LogP contribution in [-0.4, -0.2) is 13.1 Å². The molecule has 2 aromatic carbocycles. The minimum Gasteiger partial charge on any atom is -0.465 e. The normalized spacial score (nSPS) is 9.60. The molecule has 0 aliphatic heterocycles. The molecule has 0 fully saturated rings. The minimum atomic E-state index is -0.376. The molecule has 2 aromatic rings. The van der Waals surface area contributed by atoms with E-state index in [0.717, 1.165) is 5.56 Å². The predicted molar refractivity (Wildman–Crippen MR) is 76.3 cm³/mol. The zero-order valence-electron chi connectivity index (χ0n) is 11.1. The van der Waals surface area contributed by atoms with Crippen molar-refractivity contribution < 1.29 is 9.53 Å². The third-order valence-corrected chi connectivity index (χ3v) is 2.87. The van der Waals surface area contributed by atoms with Crippen molar-refractivity contribution in [1.82, 2.24) is 0 Å². The van der Waals surface area contributed by atoms with Crippen molar-refractivity contribution in [2.45, 2.75) is 6.54 Å². The topological polar surface area (TPSA) is 62.1 Å². The monoisotopic (exact) mass is 266 g/mol. The first kappa shape index (κ1) is 13.6. The van der Waals surface area contributed by atoms with E-state index in [9.17, 15) is 4.79 Å². The fourth-order valence-corrected chi connectivity index (χ4v) is 1.87. The van der Waals surface area contributed by atoms with Gasteiger partial charge in [-0.2, -0.15) is 5.26 Å². The molecule has 0 radical (unpaired) electrons. The van der Waals surface area contributed by atoms with Crippen molar-refractivity contribution in [1.29, 1.82) is 5.26 Å². The number of carbonyl (C=O) groups excluding carboxylic acids is 1. The summed E-state index contributed by atoms with van der Waals surface area (Å²) in [5.74, 6) is -0.376. The Bertz CT molecular complexity index is 660. The lowest BCUT2D eigenvalue weighted by Crippen LogP contribution is -2.08. The lowest BCUT2D eigenvalue weighted by atomic mass is 10.1. The molecule has 0 aromatic heterocycles. The van der Waals surface area contributed by atoms with Crippen LogP contribution in [0.25, 0.3) is 0 Å². The highest BCUT2D eigenvalue weighted by atomic mass is 16.5. The zero-order valence-corrected chi connectivity index (χ0v) is 11.1. The molecular formula is C16H14N2O2. The van der Waals surface area contributed by atoms with Crippen LogP contribution in [0.2, 0.25) is 0 Å². The number of esters is 1. The van der Waals surface area contributed by atoms with Crippen molar-refractivity contribution >= 4 is 11.7 Å². The summed E-state index contributed by atoms with van der Waals surface area (Å²) in [6.07, 6.45) is 0. The number of rotatable bonds is 4. The van der Waals surface area contributed by atoms with Crippen molar-refractivity contribution in [3.8, 4) is 6.07 Å². The van der Waals surface area contributed by atoms with E-state index < -0.39 is 0 Å². The Balaban J connectivity index is 2.15. The summed E-state index contributed by atoms with van der Waals surface area (Å²) in [6.45, 7) is 0.531. The molecule has 4 nitrogen and oxygen atoms in total. The number of nitrogens with zero attached hydrogens (tertiary/aromatic N) is 1. The molecule has 100 valence electrons. The number of nitrogens with one attached hydrogen (secondary N) is 1. The molecule has 0 aliphatic carbocycles. The van der Waals surface area contributed by atoms with Gasteiger partial charge in [0.15, 0.2) is 0 Å². The lowest BCUT2D eigenvalue weighted by molar-refractivity contribution is 0.0602. The van der Waals surface area contributed by atoms with Gasteiger partial charge in [-0.05, 0) is 29.8 Å². The largest absolute Gasteiger partial charge is 0.465 e. The van der Waals surface area contributed by atoms with Gasteiger partial charge in [-0.25, -0.2) is 4.79 Å². The van der Waals surface area contributed by atoms with E-state index in [1.165, 1.54) is 7.11 Å². The van der Waals surface area contributed by atoms with Gasteiger partial charge in [-0.3, -0.25) is 0 Å². The van der Waals surface area contributed by atoms with Crippen molar-refractivity contribution in [2.24, 2.45) is 0 Å². The Labute approximate surface area is 117 Å². The van der Waals surface area contributed by atoms with Crippen LogP contribution in [0, 0.1) is 11.3 Å². The molecule has 0 amide bonds. The maximum absolute atomic E-state index is 11.6. The van der Waals surface area contributed by atoms with Crippen LogP contribution in [0.15, 0.2) is 48.5 Å². The molecule has 0 heterocycles. The summed E-state index contributed by atoms with van der Waals surface area (Å²) in [4.78, 5) is 11.6. The number of anilines is 1. The van der Waals surface area contributed by atoms with Crippen LogP contribution in [0.5, 0.6) is 0 Å². The van der Waals surface area contributed by atoms with Crippen LogP contribution in [0.4, 0.5) is 5.69 Å². The van der Waals surface area contributed by atoms with Crippen LogP contribution < -0.4 is 5.32 Å². The number of ether oxygens (including phenoxy) is 1. The molecule has 0 atom stereocenters. The van der Waals surface area contributed by atoms with Gasteiger partial charge in [0, 0.05) is 12.2 Å². The van der Waals surface area contributed by atoms with Crippen molar-refractivity contribution in [3.05, 3.63) is 65.2 Å². The van der Waals surface area contributed by atoms with Crippen LogP contribution in [0.1, 0.15) is 21.5 Å².